The van der Waals surface area contributed by atoms with E-state index in [1.807, 2.05) is 0 Å². The molecule has 0 N–H and O–H groups in total. The summed E-state index contributed by atoms with van der Waals surface area (Å²) >= 11 is 0. The lowest BCUT2D eigenvalue weighted by molar-refractivity contribution is 0.577. The van der Waals surface area contributed by atoms with Gasteiger partial charge in [-0.15, -0.1) is 0 Å². The van der Waals surface area contributed by atoms with E-state index in [0.717, 1.165) is 59.4 Å². The van der Waals surface area contributed by atoms with Crippen LogP contribution in [0.3, 0.4) is 0 Å². The van der Waals surface area contributed by atoms with Crippen LogP contribution in [0, 0.1) is 0 Å². The largest absolute Gasteiger partial charge is 0.231 e. The molecule has 0 amide bonds. The van der Waals surface area contributed by atoms with Crippen LogP contribution in [0.25, 0.3) is 22.1 Å². The summed E-state index contributed by atoms with van der Waals surface area (Å²) in [6.07, 6.45) is 9.21. The van der Waals surface area contributed by atoms with Crippen LogP contribution in [-0.4, -0.2) is 19.3 Å². The topological polar surface area (TPSA) is 35.6 Å². The second kappa shape index (κ2) is 8.59. The van der Waals surface area contributed by atoms with E-state index in [9.17, 15) is 0 Å². The SMILES string of the molecule is CCCCCc1nc2ccccc2n1-n1c(CCCCC)nc2ccccc21. The van der Waals surface area contributed by atoms with Gasteiger partial charge in [-0.3, -0.25) is 0 Å². The van der Waals surface area contributed by atoms with Crippen molar-refractivity contribution in [3.63, 3.8) is 0 Å². The van der Waals surface area contributed by atoms with Crippen molar-refractivity contribution in [2.24, 2.45) is 0 Å². The molecular formula is C24H30N4. The Labute approximate surface area is 167 Å². The molecule has 28 heavy (non-hydrogen) atoms. The minimum absolute atomic E-state index is 0.990. The third-order valence-corrected chi connectivity index (χ3v) is 5.42. The number of fused-ring (bicyclic) bond motifs is 2. The Morgan fingerprint density at radius 1 is 0.607 bits per heavy atom. The fourth-order valence-electron chi connectivity index (χ4n) is 3.96. The Balaban J connectivity index is 1.89. The average Bonchev–Trinajstić information content (AvgIpc) is 3.25. The number of para-hydroxylation sites is 4. The van der Waals surface area contributed by atoms with E-state index in [2.05, 4.69) is 71.7 Å². The zero-order valence-electron chi connectivity index (χ0n) is 17.1. The summed E-state index contributed by atoms with van der Waals surface area (Å²) in [4.78, 5) is 10.00. The van der Waals surface area contributed by atoms with Gasteiger partial charge in [-0.2, -0.15) is 0 Å². The molecule has 0 fully saturated rings. The average molecular weight is 375 g/mol. The van der Waals surface area contributed by atoms with Crippen LogP contribution in [0.1, 0.15) is 64.0 Å². The Hall–Kier alpha value is -2.62. The number of aryl methyl sites for hydroxylation is 2. The van der Waals surface area contributed by atoms with Gasteiger partial charge >= 0.3 is 0 Å². The highest BCUT2D eigenvalue weighted by molar-refractivity contribution is 5.79. The highest BCUT2D eigenvalue weighted by Crippen LogP contribution is 2.24. The van der Waals surface area contributed by atoms with Gasteiger partial charge in [0.1, 0.15) is 11.6 Å². The molecule has 0 aliphatic heterocycles. The second-order valence-corrected chi connectivity index (χ2v) is 7.57. The highest BCUT2D eigenvalue weighted by Gasteiger charge is 2.18. The van der Waals surface area contributed by atoms with Crippen LogP contribution in [0.2, 0.25) is 0 Å². The van der Waals surface area contributed by atoms with Crippen molar-refractivity contribution >= 4 is 22.1 Å². The van der Waals surface area contributed by atoms with Crippen LogP contribution in [0.5, 0.6) is 0 Å². The summed E-state index contributed by atoms with van der Waals surface area (Å²) in [5, 5.41) is 0. The molecule has 0 aliphatic rings. The van der Waals surface area contributed by atoms with E-state index in [1.54, 1.807) is 0 Å². The molecule has 0 radical (unpaired) electrons. The Kier molecular flexibility index (Phi) is 5.75. The van der Waals surface area contributed by atoms with Gasteiger partial charge in [-0.25, -0.2) is 19.3 Å². The van der Waals surface area contributed by atoms with E-state index >= 15 is 0 Å². The predicted molar refractivity (Wildman–Crippen MR) is 117 cm³/mol. The van der Waals surface area contributed by atoms with E-state index in [1.165, 1.54) is 25.7 Å². The first kappa shape index (κ1) is 18.7. The number of aromatic nitrogens is 4. The number of rotatable bonds is 9. The summed E-state index contributed by atoms with van der Waals surface area (Å²) in [5.74, 6) is 2.27. The maximum atomic E-state index is 5.00. The monoisotopic (exact) mass is 374 g/mol. The minimum atomic E-state index is 0.990. The van der Waals surface area contributed by atoms with E-state index in [-0.39, 0.29) is 0 Å². The summed E-state index contributed by atoms with van der Waals surface area (Å²) in [6, 6.07) is 16.9. The summed E-state index contributed by atoms with van der Waals surface area (Å²) in [5.41, 5.74) is 4.44. The van der Waals surface area contributed by atoms with Crippen LogP contribution in [-0.2, 0) is 12.8 Å². The van der Waals surface area contributed by atoms with Crippen molar-refractivity contribution in [1.29, 1.82) is 0 Å². The first-order valence-electron chi connectivity index (χ1n) is 10.8. The Morgan fingerprint density at radius 3 is 1.46 bits per heavy atom. The number of hydrogen-bond acceptors (Lipinski definition) is 2. The molecule has 4 nitrogen and oxygen atoms in total. The number of unbranched alkanes of at least 4 members (excludes halogenated alkanes) is 4. The predicted octanol–water partition coefficient (Wildman–Crippen LogP) is 6.16. The molecule has 2 aromatic carbocycles. The summed E-state index contributed by atoms with van der Waals surface area (Å²) < 4.78 is 4.64. The van der Waals surface area contributed by atoms with Crippen LogP contribution in [0.15, 0.2) is 48.5 Å². The maximum Gasteiger partial charge on any atom is 0.129 e. The molecule has 0 atom stereocenters. The van der Waals surface area contributed by atoms with Crippen LogP contribution < -0.4 is 0 Å². The van der Waals surface area contributed by atoms with Crippen molar-refractivity contribution in [2.45, 2.75) is 65.2 Å². The highest BCUT2D eigenvalue weighted by atomic mass is 15.5. The molecule has 146 valence electrons. The molecule has 0 aliphatic carbocycles. The van der Waals surface area contributed by atoms with Gasteiger partial charge in [0, 0.05) is 12.8 Å². The molecule has 4 rings (SSSR count). The third kappa shape index (κ3) is 3.56. The minimum Gasteiger partial charge on any atom is -0.231 e. The molecule has 0 saturated heterocycles. The van der Waals surface area contributed by atoms with Gasteiger partial charge in [0.05, 0.1) is 22.1 Å². The molecule has 0 bridgehead atoms. The second-order valence-electron chi connectivity index (χ2n) is 7.57. The molecular weight excluding hydrogens is 344 g/mol. The van der Waals surface area contributed by atoms with Gasteiger partial charge in [-0.05, 0) is 37.1 Å². The first-order chi connectivity index (χ1) is 13.8. The lowest BCUT2D eigenvalue weighted by Crippen LogP contribution is -2.16. The van der Waals surface area contributed by atoms with Gasteiger partial charge in [0.15, 0.2) is 0 Å². The van der Waals surface area contributed by atoms with Crippen molar-refractivity contribution in [1.82, 2.24) is 19.3 Å². The van der Waals surface area contributed by atoms with E-state index in [0.29, 0.717) is 0 Å². The lowest BCUT2D eigenvalue weighted by Gasteiger charge is -2.15. The molecule has 0 unspecified atom stereocenters. The molecule has 2 heterocycles. The van der Waals surface area contributed by atoms with Crippen molar-refractivity contribution in [2.75, 3.05) is 0 Å². The number of hydrogen-bond donors (Lipinski definition) is 0. The molecule has 0 spiro atoms. The normalized spacial score (nSPS) is 11.6. The van der Waals surface area contributed by atoms with Gasteiger partial charge in [-0.1, -0.05) is 63.8 Å². The number of benzene rings is 2. The van der Waals surface area contributed by atoms with Crippen molar-refractivity contribution in [3.05, 3.63) is 60.2 Å². The Morgan fingerprint density at radius 2 is 1.04 bits per heavy atom. The van der Waals surface area contributed by atoms with Gasteiger partial charge in [0.25, 0.3) is 0 Å². The number of imidazole rings is 2. The standard InChI is InChI=1S/C24H30N4/c1-3-5-7-17-23-25-19-13-9-11-15-21(19)27(23)28-22-16-12-10-14-20(22)26-24(28)18-8-6-4-2/h9-16H,3-8,17-18H2,1-2H3. The number of nitrogens with zero attached hydrogens (tertiary/aromatic N) is 4. The van der Waals surface area contributed by atoms with Gasteiger partial charge in [0.2, 0.25) is 0 Å². The quantitative estimate of drug-likeness (QED) is 0.329. The molecule has 2 aromatic heterocycles. The fourth-order valence-corrected chi connectivity index (χ4v) is 3.96. The van der Waals surface area contributed by atoms with Crippen LogP contribution in [0.4, 0.5) is 0 Å². The summed E-state index contributed by atoms with van der Waals surface area (Å²) in [7, 11) is 0. The smallest absolute Gasteiger partial charge is 0.129 e. The van der Waals surface area contributed by atoms with E-state index < -0.39 is 0 Å². The maximum absolute atomic E-state index is 5.00. The van der Waals surface area contributed by atoms with Crippen LogP contribution >= 0.6 is 0 Å². The first-order valence-corrected chi connectivity index (χ1v) is 10.8. The van der Waals surface area contributed by atoms with Gasteiger partial charge < -0.3 is 0 Å². The zero-order valence-corrected chi connectivity index (χ0v) is 17.1. The zero-order chi connectivity index (χ0) is 19.3. The molecule has 4 heteroatoms. The molecule has 0 saturated carbocycles. The summed E-state index contributed by atoms with van der Waals surface area (Å²) in [6.45, 7) is 4.50. The van der Waals surface area contributed by atoms with Crippen molar-refractivity contribution < 1.29 is 0 Å². The van der Waals surface area contributed by atoms with E-state index in [4.69, 9.17) is 9.97 Å². The lowest BCUT2D eigenvalue weighted by atomic mass is 10.2. The third-order valence-electron chi connectivity index (χ3n) is 5.42. The Bertz CT molecular complexity index is 971. The molecule has 4 aromatic rings. The van der Waals surface area contributed by atoms with Crippen molar-refractivity contribution in [3.8, 4) is 0 Å². The fraction of sp³-hybridized carbons (Fsp3) is 0.417.